The van der Waals surface area contributed by atoms with Gasteiger partial charge in [-0.2, -0.15) is 0 Å². The highest BCUT2D eigenvalue weighted by molar-refractivity contribution is 7.10. The maximum atomic E-state index is 7.69. The summed E-state index contributed by atoms with van der Waals surface area (Å²) in [5, 5.41) is 9.84. The molecule has 0 fully saturated rings. The fraction of sp³-hybridized carbons (Fsp3) is 0.286. The van der Waals surface area contributed by atoms with E-state index in [0.717, 1.165) is 18.8 Å². The predicted octanol–water partition coefficient (Wildman–Crippen LogP) is 2.55. The number of hydrogen-bond acceptors (Lipinski definition) is 4. The first-order valence-corrected chi connectivity index (χ1v) is 7.18. The molecule has 5 heteroatoms. The van der Waals surface area contributed by atoms with Crippen LogP contribution in [-0.4, -0.2) is 17.4 Å². The summed E-state index contributed by atoms with van der Waals surface area (Å²) in [7, 11) is 0. The summed E-state index contributed by atoms with van der Waals surface area (Å²) in [5.41, 5.74) is 7.75. The van der Waals surface area contributed by atoms with E-state index in [9.17, 15) is 0 Å². The van der Waals surface area contributed by atoms with E-state index < -0.39 is 0 Å². The van der Waals surface area contributed by atoms with Crippen LogP contribution in [0.1, 0.15) is 29.0 Å². The molecule has 1 aliphatic rings. The Hall–Kier alpha value is -1.88. The molecule has 3 heterocycles. The fourth-order valence-corrected chi connectivity index (χ4v) is 3.60. The van der Waals surface area contributed by atoms with Crippen molar-refractivity contribution in [3.63, 3.8) is 0 Å². The van der Waals surface area contributed by atoms with Gasteiger partial charge in [0.05, 0.1) is 11.6 Å². The molecular weight excluding hydrogens is 256 g/mol. The second kappa shape index (κ2) is 4.66. The van der Waals surface area contributed by atoms with Gasteiger partial charge in [0.15, 0.2) is 0 Å². The second-order valence-corrected chi connectivity index (χ2v) is 5.71. The molecule has 0 amide bonds. The molecular formula is C14H16N4S. The van der Waals surface area contributed by atoms with Crippen molar-refractivity contribution in [3.8, 4) is 0 Å². The molecule has 0 aromatic carbocycles. The molecule has 0 radical (unpaired) electrons. The average molecular weight is 272 g/mol. The maximum absolute atomic E-state index is 7.69. The highest BCUT2D eigenvalue weighted by atomic mass is 32.1. The molecule has 19 heavy (non-hydrogen) atoms. The molecule has 4 nitrogen and oxygen atoms in total. The van der Waals surface area contributed by atoms with Gasteiger partial charge in [0, 0.05) is 17.6 Å². The Morgan fingerprint density at radius 3 is 3.16 bits per heavy atom. The monoisotopic (exact) mass is 272 g/mol. The third-order valence-corrected chi connectivity index (χ3v) is 4.62. The van der Waals surface area contributed by atoms with Crippen molar-refractivity contribution in [1.29, 1.82) is 5.41 Å². The number of aromatic nitrogens is 1. The van der Waals surface area contributed by atoms with Crippen LogP contribution in [0.5, 0.6) is 0 Å². The van der Waals surface area contributed by atoms with E-state index in [2.05, 4.69) is 28.3 Å². The van der Waals surface area contributed by atoms with Crippen LogP contribution in [0.4, 0.5) is 5.82 Å². The van der Waals surface area contributed by atoms with Crippen LogP contribution in [0.3, 0.4) is 0 Å². The number of nitrogens with one attached hydrogen (secondary N) is 1. The van der Waals surface area contributed by atoms with Gasteiger partial charge in [-0.1, -0.05) is 0 Å². The van der Waals surface area contributed by atoms with E-state index in [1.165, 1.54) is 10.4 Å². The molecule has 2 aromatic heterocycles. The van der Waals surface area contributed by atoms with Crippen molar-refractivity contribution < 1.29 is 0 Å². The van der Waals surface area contributed by atoms with Crippen LogP contribution in [0, 0.1) is 5.41 Å². The number of nitrogen functional groups attached to an aromatic ring is 1. The topological polar surface area (TPSA) is 66.0 Å². The lowest BCUT2D eigenvalue weighted by Crippen LogP contribution is -2.35. The second-order valence-electron chi connectivity index (χ2n) is 4.71. The summed E-state index contributed by atoms with van der Waals surface area (Å²) in [5.74, 6) is 0.894. The van der Waals surface area contributed by atoms with Gasteiger partial charge in [-0.05, 0) is 42.5 Å². The van der Waals surface area contributed by atoms with Crippen LogP contribution < -0.4 is 10.6 Å². The quantitative estimate of drug-likeness (QED) is 0.652. The Labute approximate surface area is 116 Å². The van der Waals surface area contributed by atoms with E-state index in [1.54, 1.807) is 6.20 Å². The Morgan fingerprint density at radius 1 is 1.53 bits per heavy atom. The van der Waals surface area contributed by atoms with Crippen molar-refractivity contribution >= 4 is 23.0 Å². The zero-order chi connectivity index (χ0) is 13.4. The molecule has 1 atom stereocenters. The Morgan fingerprint density at radius 2 is 2.37 bits per heavy atom. The molecule has 2 aromatic rings. The minimum absolute atomic E-state index is 0.0754. The molecule has 3 N–H and O–H groups in total. The van der Waals surface area contributed by atoms with Crippen LogP contribution in [-0.2, 0) is 6.42 Å². The van der Waals surface area contributed by atoms with Crippen LogP contribution >= 0.6 is 11.3 Å². The number of nitrogens with two attached hydrogens (primary N) is 1. The number of thiophene rings is 1. The lowest BCUT2D eigenvalue weighted by atomic mass is 10.0. The Balaban J connectivity index is 2.03. The van der Waals surface area contributed by atoms with Gasteiger partial charge >= 0.3 is 0 Å². The smallest absolute Gasteiger partial charge is 0.140 e. The fourth-order valence-electron chi connectivity index (χ4n) is 2.63. The van der Waals surface area contributed by atoms with Gasteiger partial charge in [0.2, 0.25) is 0 Å². The van der Waals surface area contributed by atoms with Crippen molar-refractivity contribution in [1.82, 2.24) is 4.98 Å². The molecule has 98 valence electrons. The molecule has 1 aliphatic heterocycles. The van der Waals surface area contributed by atoms with E-state index in [1.807, 2.05) is 23.5 Å². The Kier molecular flexibility index (Phi) is 2.98. The maximum Gasteiger partial charge on any atom is 0.140 e. The van der Waals surface area contributed by atoms with Gasteiger partial charge in [0.1, 0.15) is 11.7 Å². The van der Waals surface area contributed by atoms with E-state index >= 15 is 0 Å². The first-order chi connectivity index (χ1) is 9.18. The van der Waals surface area contributed by atoms with Crippen LogP contribution in [0.15, 0.2) is 29.8 Å². The number of anilines is 1. The number of hydrogen-bond donors (Lipinski definition) is 2. The SMILES string of the molecule is CC1c2ccsc2CCN1c1ncccc1C(=N)N. The van der Waals surface area contributed by atoms with E-state index in [4.69, 9.17) is 11.1 Å². The number of pyridine rings is 1. The minimum Gasteiger partial charge on any atom is -0.384 e. The van der Waals surface area contributed by atoms with Gasteiger partial charge < -0.3 is 10.6 Å². The lowest BCUT2D eigenvalue weighted by Gasteiger charge is -2.35. The predicted molar refractivity (Wildman–Crippen MR) is 79.0 cm³/mol. The molecule has 3 rings (SSSR count). The van der Waals surface area contributed by atoms with Crippen molar-refractivity contribution in [2.24, 2.45) is 5.73 Å². The summed E-state index contributed by atoms with van der Waals surface area (Å²) in [6.07, 6.45) is 2.79. The lowest BCUT2D eigenvalue weighted by molar-refractivity contribution is 0.624. The summed E-state index contributed by atoms with van der Waals surface area (Å²) in [4.78, 5) is 8.14. The summed E-state index contributed by atoms with van der Waals surface area (Å²) in [6, 6.07) is 6.15. The molecule has 0 aliphatic carbocycles. The Bertz CT molecular complexity index is 619. The molecule has 0 bridgehead atoms. The van der Waals surface area contributed by atoms with E-state index in [-0.39, 0.29) is 11.9 Å². The molecule has 0 saturated carbocycles. The van der Waals surface area contributed by atoms with Crippen molar-refractivity contribution in [2.75, 3.05) is 11.4 Å². The largest absolute Gasteiger partial charge is 0.384 e. The van der Waals surface area contributed by atoms with Crippen molar-refractivity contribution in [2.45, 2.75) is 19.4 Å². The number of nitrogens with zero attached hydrogens (tertiary/aromatic N) is 2. The summed E-state index contributed by atoms with van der Waals surface area (Å²) >= 11 is 1.82. The third-order valence-electron chi connectivity index (χ3n) is 3.63. The van der Waals surface area contributed by atoms with Gasteiger partial charge in [-0.15, -0.1) is 11.3 Å². The standard InChI is InChI=1S/C14H16N4S/c1-9-10-5-8-19-12(10)4-7-18(9)14-11(13(15)16)3-2-6-17-14/h2-3,5-6,8-9H,4,7H2,1H3,(H3,15,16). The number of rotatable bonds is 2. The first kappa shape index (κ1) is 12.2. The molecule has 0 spiro atoms. The normalized spacial score (nSPS) is 18.2. The van der Waals surface area contributed by atoms with Gasteiger partial charge in [-0.3, -0.25) is 5.41 Å². The highest BCUT2D eigenvalue weighted by Crippen LogP contribution is 2.36. The van der Waals surface area contributed by atoms with Crippen molar-refractivity contribution in [3.05, 3.63) is 45.8 Å². The number of fused-ring (bicyclic) bond motifs is 1. The highest BCUT2D eigenvalue weighted by Gasteiger charge is 2.27. The van der Waals surface area contributed by atoms with Crippen LogP contribution in [0.2, 0.25) is 0 Å². The first-order valence-electron chi connectivity index (χ1n) is 6.31. The zero-order valence-electron chi connectivity index (χ0n) is 10.8. The zero-order valence-corrected chi connectivity index (χ0v) is 11.6. The third kappa shape index (κ3) is 2.00. The average Bonchev–Trinajstić information content (AvgIpc) is 2.88. The molecule has 0 saturated heterocycles. The molecule has 1 unspecified atom stereocenters. The van der Waals surface area contributed by atoms with Gasteiger partial charge in [-0.25, -0.2) is 4.98 Å². The number of amidine groups is 1. The summed E-state index contributed by atoms with van der Waals surface area (Å²) in [6.45, 7) is 3.11. The van der Waals surface area contributed by atoms with E-state index in [0.29, 0.717) is 5.56 Å². The van der Waals surface area contributed by atoms with Crippen LogP contribution in [0.25, 0.3) is 0 Å². The minimum atomic E-state index is 0.0754. The van der Waals surface area contributed by atoms with Gasteiger partial charge in [0.25, 0.3) is 0 Å². The summed E-state index contributed by atoms with van der Waals surface area (Å²) < 4.78 is 0.